The Kier molecular flexibility index (Phi) is 7.41. The molecule has 0 spiro atoms. The molecule has 1 fully saturated rings. The zero-order valence-electron chi connectivity index (χ0n) is 13.8. The van der Waals surface area contributed by atoms with E-state index in [-0.39, 0.29) is 30.5 Å². The standard InChI is InChI=1S/C15H20F2N6S.HI/c1-18-15(20-11-12-19-4-5-23(12)14(16)17)22-8-6-21(7-9-22)13-3-2-10-24-13;/h2-5,10,14H,6-9,11H2,1H3,(H,18,20);1H. The van der Waals surface area contributed by atoms with Gasteiger partial charge >= 0.3 is 6.55 Å². The van der Waals surface area contributed by atoms with Gasteiger partial charge in [0.2, 0.25) is 0 Å². The summed E-state index contributed by atoms with van der Waals surface area (Å²) in [7, 11) is 1.70. The van der Waals surface area contributed by atoms with Crippen LogP contribution in [-0.4, -0.2) is 53.6 Å². The monoisotopic (exact) mass is 482 g/mol. The maximum absolute atomic E-state index is 12.8. The quantitative estimate of drug-likeness (QED) is 0.414. The predicted molar refractivity (Wildman–Crippen MR) is 107 cm³/mol. The van der Waals surface area contributed by atoms with Gasteiger partial charge in [-0.3, -0.25) is 9.56 Å². The number of guanidine groups is 1. The number of nitrogens with zero attached hydrogens (tertiary/aromatic N) is 5. The molecule has 0 saturated carbocycles. The number of piperazine rings is 1. The van der Waals surface area contributed by atoms with Crippen LogP contribution in [0.4, 0.5) is 13.8 Å². The minimum absolute atomic E-state index is 0. The molecule has 10 heteroatoms. The predicted octanol–water partition coefficient (Wildman–Crippen LogP) is 2.86. The van der Waals surface area contributed by atoms with Crippen molar-refractivity contribution in [3.05, 3.63) is 35.7 Å². The zero-order chi connectivity index (χ0) is 16.9. The average molecular weight is 482 g/mol. The second kappa shape index (κ2) is 9.32. The van der Waals surface area contributed by atoms with Crippen LogP contribution in [0, 0.1) is 0 Å². The Morgan fingerprint density at radius 3 is 2.72 bits per heavy atom. The molecular weight excluding hydrogens is 461 g/mol. The fourth-order valence-electron chi connectivity index (χ4n) is 2.74. The van der Waals surface area contributed by atoms with Crippen LogP contribution in [0.15, 0.2) is 34.9 Å². The fraction of sp³-hybridized carbons (Fsp3) is 0.467. The van der Waals surface area contributed by atoms with Crippen molar-refractivity contribution in [2.75, 3.05) is 38.1 Å². The molecule has 1 N–H and O–H groups in total. The van der Waals surface area contributed by atoms with Gasteiger partial charge in [-0.2, -0.15) is 8.78 Å². The van der Waals surface area contributed by atoms with Crippen LogP contribution in [0.2, 0.25) is 0 Å². The van der Waals surface area contributed by atoms with Gasteiger partial charge in [-0.25, -0.2) is 4.98 Å². The van der Waals surface area contributed by atoms with Crippen LogP contribution in [-0.2, 0) is 6.54 Å². The summed E-state index contributed by atoms with van der Waals surface area (Å²) in [5, 5.41) is 6.48. The average Bonchev–Trinajstić information content (AvgIpc) is 3.28. The molecule has 2 aromatic rings. The van der Waals surface area contributed by atoms with E-state index in [0.29, 0.717) is 11.8 Å². The molecule has 0 amide bonds. The highest BCUT2D eigenvalue weighted by molar-refractivity contribution is 14.0. The summed E-state index contributed by atoms with van der Waals surface area (Å²) in [5.74, 6) is 1.01. The number of hydrogen-bond donors (Lipinski definition) is 1. The van der Waals surface area contributed by atoms with Crippen LogP contribution in [0.5, 0.6) is 0 Å². The van der Waals surface area contributed by atoms with Crippen LogP contribution >= 0.6 is 35.3 Å². The van der Waals surface area contributed by atoms with Crippen LogP contribution in [0.1, 0.15) is 12.4 Å². The van der Waals surface area contributed by atoms with E-state index in [1.807, 2.05) is 0 Å². The summed E-state index contributed by atoms with van der Waals surface area (Å²) in [6.07, 6.45) is 2.66. The number of thiophene rings is 1. The van der Waals surface area contributed by atoms with Gasteiger partial charge in [0.05, 0.1) is 11.5 Å². The van der Waals surface area contributed by atoms with E-state index >= 15 is 0 Å². The van der Waals surface area contributed by atoms with Crippen molar-refractivity contribution < 1.29 is 8.78 Å². The molecule has 0 atom stereocenters. The van der Waals surface area contributed by atoms with Crippen molar-refractivity contribution in [1.29, 1.82) is 0 Å². The Morgan fingerprint density at radius 1 is 1.36 bits per heavy atom. The molecule has 138 valence electrons. The highest BCUT2D eigenvalue weighted by atomic mass is 127. The smallest absolute Gasteiger partial charge is 0.319 e. The van der Waals surface area contributed by atoms with Gasteiger partial charge in [0, 0.05) is 45.6 Å². The van der Waals surface area contributed by atoms with Crippen molar-refractivity contribution in [2.24, 2.45) is 4.99 Å². The minimum Gasteiger partial charge on any atom is -0.360 e. The van der Waals surface area contributed by atoms with Crippen molar-refractivity contribution in [1.82, 2.24) is 19.8 Å². The van der Waals surface area contributed by atoms with E-state index in [9.17, 15) is 8.78 Å². The third kappa shape index (κ3) is 4.81. The molecule has 0 unspecified atom stereocenters. The zero-order valence-corrected chi connectivity index (χ0v) is 17.0. The molecule has 1 aliphatic heterocycles. The molecular formula is C15H21F2IN6S. The third-order valence-electron chi connectivity index (χ3n) is 3.97. The number of nitrogens with one attached hydrogen (secondary N) is 1. The number of hydrogen-bond acceptors (Lipinski definition) is 4. The summed E-state index contributed by atoms with van der Waals surface area (Å²) >= 11 is 1.74. The molecule has 1 saturated heterocycles. The Labute approximate surface area is 166 Å². The molecule has 25 heavy (non-hydrogen) atoms. The summed E-state index contributed by atoms with van der Waals surface area (Å²) < 4.78 is 26.6. The second-order valence-electron chi connectivity index (χ2n) is 5.35. The molecule has 0 radical (unpaired) electrons. The van der Waals surface area contributed by atoms with Gasteiger partial charge < -0.3 is 15.1 Å². The first-order chi connectivity index (χ1) is 11.7. The Hall–Kier alpha value is -1.43. The molecule has 2 aromatic heterocycles. The van der Waals surface area contributed by atoms with Crippen molar-refractivity contribution in [3.8, 4) is 0 Å². The van der Waals surface area contributed by atoms with Gasteiger partial charge in [0.15, 0.2) is 5.96 Å². The summed E-state index contributed by atoms with van der Waals surface area (Å²) in [5.41, 5.74) is 0. The molecule has 6 nitrogen and oxygen atoms in total. The number of imidazole rings is 1. The molecule has 1 aliphatic rings. The highest BCUT2D eigenvalue weighted by Gasteiger charge is 2.21. The maximum Gasteiger partial charge on any atom is 0.319 e. The van der Waals surface area contributed by atoms with E-state index in [2.05, 4.69) is 42.6 Å². The first kappa shape index (κ1) is 19.9. The summed E-state index contributed by atoms with van der Waals surface area (Å²) in [6.45, 7) is 1.12. The number of anilines is 1. The van der Waals surface area contributed by atoms with Gasteiger partial charge in [-0.1, -0.05) is 0 Å². The first-order valence-corrected chi connectivity index (χ1v) is 8.61. The minimum atomic E-state index is -2.58. The van der Waals surface area contributed by atoms with Gasteiger partial charge in [0.1, 0.15) is 5.82 Å². The molecule has 0 aromatic carbocycles. The number of aromatic nitrogens is 2. The van der Waals surface area contributed by atoms with Crippen LogP contribution in [0.3, 0.4) is 0 Å². The van der Waals surface area contributed by atoms with E-state index in [0.717, 1.165) is 30.7 Å². The van der Waals surface area contributed by atoms with Crippen molar-refractivity contribution in [3.63, 3.8) is 0 Å². The first-order valence-electron chi connectivity index (χ1n) is 7.73. The number of rotatable bonds is 4. The SMILES string of the molecule is CN=C(NCc1nccn1C(F)F)N1CCN(c2cccs2)CC1.I. The largest absolute Gasteiger partial charge is 0.360 e. The maximum atomic E-state index is 12.8. The van der Waals surface area contributed by atoms with Crippen LogP contribution in [0.25, 0.3) is 0 Å². The Morgan fingerprint density at radius 2 is 2.12 bits per heavy atom. The van der Waals surface area contributed by atoms with Crippen LogP contribution < -0.4 is 10.2 Å². The Bertz CT molecular complexity index is 667. The molecule has 0 bridgehead atoms. The fourth-order valence-corrected chi connectivity index (χ4v) is 3.52. The van der Waals surface area contributed by atoms with Crippen molar-refractivity contribution >= 4 is 46.3 Å². The molecule has 3 rings (SSSR count). The topological polar surface area (TPSA) is 48.7 Å². The van der Waals surface area contributed by atoms with Gasteiger partial charge in [0.25, 0.3) is 0 Å². The van der Waals surface area contributed by atoms with E-state index in [4.69, 9.17) is 0 Å². The lowest BCUT2D eigenvalue weighted by Gasteiger charge is -2.37. The summed E-state index contributed by atoms with van der Waals surface area (Å²) in [6, 6.07) is 4.18. The van der Waals surface area contributed by atoms with Gasteiger partial charge in [-0.15, -0.1) is 35.3 Å². The third-order valence-corrected chi connectivity index (χ3v) is 4.90. The number of alkyl halides is 2. The van der Waals surface area contributed by atoms with Crippen molar-refractivity contribution in [2.45, 2.75) is 13.1 Å². The molecule has 3 heterocycles. The molecule has 0 aliphatic carbocycles. The highest BCUT2D eigenvalue weighted by Crippen LogP contribution is 2.22. The van der Waals surface area contributed by atoms with E-state index < -0.39 is 6.55 Å². The lowest BCUT2D eigenvalue weighted by molar-refractivity contribution is 0.0668. The lowest BCUT2D eigenvalue weighted by atomic mass is 10.3. The lowest BCUT2D eigenvalue weighted by Crippen LogP contribution is -2.52. The van der Waals surface area contributed by atoms with Gasteiger partial charge in [-0.05, 0) is 17.5 Å². The normalized spacial score (nSPS) is 15.4. The summed E-state index contributed by atoms with van der Waals surface area (Å²) in [4.78, 5) is 12.7. The number of halogens is 3. The van der Waals surface area contributed by atoms with E-state index in [1.54, 1.807) is 18.4 Å². The second-order valence-corrected chi connectivity index (χ2v) is 6.28. The number of aliphatic imine (C=N–C) groups is 1. The Balaban J connectivity index is 0.00000225. The van der Waals surface area contributed by atoms with E-state index in [1.165, 1.54) is 17.4 Å².